The summed E-state index contributed by atoms with van der Waals surface area (Å²) >= 11 is 0. The van der Waals surface area contributed by atoms with Crippen molar-refractivity contribution in [2.75, 3.05) is 0 Å². The second-order valence-electron chi connectivity index (χ2n) is 11.2. The number of aromatic nitrogens is 1. The first-order chi connectivity index (χ1) is 19.4. The molecule has 3 nitrogen and oxygen atoms in total. The third-order valence-corrected chi connectivity index (χ3v) is 7.65. The van der Waals surface area contributed by atoms with Crippen molar-refractivity contribution in [3.05, 3.63) is 72.4 Å². The van der Waals surface area contributed by atoms with Gasteiger partial charge in [-0.05, 0) is 67.5 Å². The second-order valence-corrected chi connectivity index (χ2v) is 11.2. The second kappa shape index (κ2) is 16.9. The molecule has 40 heavy (non-hydrogen) atoms. The Hall–Kier alpha value is -3.01. The zero-order valence-electron chi connectivity index (χ0n) is 24.9. The number of pyridine rings is 1. The van der Waals surface area contributed by atoms with Crippen LogP contribution in [0.2, 0.25) is 0 Å². The lowest BCUT2D eigenvalue weighted by atomic mass is 9.96. The lowest BCUT2D eigenvalue weighted by Gasteiger charge is -2.18. The first-order valence-corrected chi connectivity index (χ1v) is 15.5. The molecule has 0 aliphatic heterocycles. The highest BCUT2D eigenvalue weighted by Gasteiger charge is 2.34. The molecule has 0 saturated heterocycles. The fraction of sp³-hybridized carbons (Fsp3) is 0.500. The highest BCUT2D eigenvalue weighted by atomic mass is 19.1. The zero-order chi connectivity index (χ0) is 28.6. The number of ether oxygens (including phenoxy) is 1. The van der Waals surface area contributed by atoms with E-state index in [-0.39, 0.29) is 6.42 Å². The van der Waals surface area contributed by atoms with E-state index < -0.39 is 11.6 Å². The van der Waals surface area contributed by atoms with Crippen molar-refractivity contribution >= 4 is 5.97 Å². The molecule has 0 spiro atoms. The van der Waals surface area contributed by atoms with Crippen LogP contribution in [0.1, 0.15) is 110 Å². The van der Waals surface area contributed by atoms with E-state index in [0.717, 1.165) is 54.5 Å². The number of halogens is 1. The predicted octanol–water partition coefficient (Wildman–Crippen LogP) is 10.7. The number of benzene rings is 2. The van der Waals surface area contributed by atoms with E-state index in [1.807, 2.05) is 30.5 Å². The van der Waals surface area contributed by atoms with Crippen LogP contribution >= 0.6 is 0 Å². The minimum Gasteiger partial charge on any atom is -0.424 e. The number of carbonyl (C=O) groups is 1. The highest BCUT2D eigenvalue weighted by molar-refractivity contribution is 5.83. The maximum atomic E-state index is 15.0. The lowest BCUT2D eigenvalue weighted by molar-refractivity contribution is -0.147. The maximum absolute atomic E-state index is 15.0. The SMILES string of the molecule is CCCCCCCCCc1ccc(-c2ccccc2-c2ccc(OC(=O)C(C)(F)CCCCCCC)cc2)nc1. The monoisotopic (exact) mass is 545 g/mol. The maximum Gasteiger partial charge on any atom is 0.348 e. The average molecular weight is 546 g/mol. The molecule has 0 fully saturated rings. The van der Waals surface area contributed by atoms with E-state index in [1.54, 1.807) is 12.1 Å². The molecule has 0 aliphatic rings. The van der Waals surface area contributed by atoms with Gasteiger partial charge in [0.15, 0.2) is 0 Å². The number of hydrogen-bond acceptors (Lipinski definition) is 3. The predicted molar refractivity (Wildman–Crippen MR) is 165 cm³/mol. The summed E-state index contributed by atoms with van der Waals surface area (Å²) in [5.41, 5.74) is 3.32. The molecular formula is C36H48FNO2. The molecule has 3 rings (SSSR count). The number of rotatable bonds is 18. The van der Waals surface area contributed by atoms with Gasteiger partial charge in [0.2, 0.25) is 5.67 Å². The van der Waals surface area contributed by atoms with E-state index in [2.05, 4.69) is 38.1 Å². The zero-order valence-corrected chi connectivity index (χ0v) is 24.9. The molecule has 216 valence electrons. The number of unbranched alkanes of at least 4 members (excludes halogenated alkanes) is 10. The Kier molecular flexibility index (Phi) is 13.4. The minimum atomic E-state index is -1.98. The van der Waals surface area contributed by atoms with Gasteiger partial charge in [0.1, 0.15) is 5.75 Å². The van der Waals surface area contributed by atoms with Gasteiger partial charge in [-0.1, -0.05) is 121 Å². The molecule has 0 radical (unpaired) electrons. The number of nitrogens with zero attached hydrogens (tertiary/aromatic N) is 1. The van der Waals surface area contributed by atoms with Crippen LogP contribution in [0.4, 0.5) is 4.39 Å². The van der Waals surface area contributed by atoms with Crippen molar-refractivity contribution in [3.63, 3.8) is 0 Å². The van der Waals surface area contributed by atoms with Gasteiger partial charge in [0.05, 0.1) is 5.69 Å². The van der Waals surface area contributed by atoms with Crippen LogP contribution in [0.15, 0.2) is 66.9 Å². The summed E-state index contributed by atoms with van der Waals surface area (Å²) in [5.74, 6) is -0.467. The fourth-order valence-corrected chi connectivity index (χ4v) is 5.05. The van der Waals surface area contributed by atoms with Crippen molar-refractivity contribution < 1.29 is 13.9 Å². The van der Waals surface area contributed by atoms with Crippen LogP contribution in [0.5, 0.6) is 5.75 Å². The Labute approximate surface area is 241 Å². The van der Waals surface area contributed by atoms with Crippen molar-refractivity contribution in [1.29, 1.82) is 0 Å². The first kappa shape index (κ1) is 31.5. The van der Waals surface area contributed by atoms with Gasteiger partial charge in [-0.3, -0.25) is 4.98 Å². The van der Waals surface area contributed by atoms with Gasteiger partial charge >= 0.3 is 5.97 Å². The Balaban J connectivity index is 1.58. The molecule has 1 atom stereocenters. The Morgan fingerprint density at radius 1 is 0.750 bits per heavy atom. The molecule has 0 aliphatic carbocycles. The largest absolute Gasteiger partial charge is 0.424 e. The molecule has 1 unspecified atom stereocenters. The van der Waals surface area contributed by atoms with Crippen molar-refractivity contribution in [1.82, 2.24) is 4.98 Å². The van der Waals surface area contributed by atoms with E-state index in [1.165, 1.54) is 57.4 Å². The fourth-order valence-electron chi connectivity index (χ4n) is 5.05. The molecule has 2 aromatic carbocycles. The van der Waals surface area contributed by atoms with Gasteiger partial charge in [-0.15, -0.1) is 0 Å². The van der Waals surface area contributed by atoms with Gasteiger partial charge in [0.25, 0.3) is 0 Å². The quantitative estimate of drug-likeness (QED) is 0.0906. The highest BCUT2D eigenvalue weighted by Crippen LogP contribution is 2.32. The lowest BCUT2D eigenvalue weighted by Crippen LogP contribution is -2.34. The van der Waals surface area contributed by atoms with Crippen LogP contribution in [-0.4, -0.2) is 16.6 Å². The van der Waals surface area contributed by atoms with Crippen LogP contribution in [0.3, 0.4) is 0 Å². The summed E-state index contributed by atoms with van der Waals surface area (Å²) in [4.78, 5) is 17.3. The summed E-state index contributed by atoms with van der Waals surface area (Å²) in [7, 11) is 0. The number of alkyl halides is 1. The molecule has 1 heterocycles. The van der Waals surface area contributed by atoms with Crippen LogP contribution in [-0.2, 0) is 11.2 Å². The molecule has 1 aromatic heterocycles. The van der Waals surface area contributed by atoms with Crippen molar-refractivity contribution in [3.8, 4) is 28.1 Å². The number of esters is 1. The standard InChI is InChI=1S/C36H48FNO2/c1-4-6-8-10-11-12-14-18-29-21-26-34(38-28-29)33-20-16-15-19-32(33)30-22-24-31(25-23-30)40-35(39)36(3,37)27-17-13-9-7-5-2/h15-16,19-26,28H,4-14,17-18,27H2,1-3H3. The minimum absolute atomic E-state index is 0.186. The van der Waals surface area contributed by atoms with Crippen molar-refractivity contribution in [2.45, 2.75) is 116 Å². The third-order valence-electron chi connectivity index (χ3n) is 7.65. The Morgan fingerprint density at radius 3 is 1.98 bits per heavy atom. The van der Waals surface area contributed by atoms with Crippen LogP contribution in [0.25, 0.3) is 22.4 Å². The summed E-state index contributed by atoms with van der Waals surface area (Å²) < 4.78 is 20.4. The van der Waals surface area contributed by atoms with Gasteiger partial charge in [-0.2, -0.15) is 0 Å². The van der Waals surface area contributed by atoms with Crippen molar-refractivity contribution in [2.24, 2.45) is 0 Å². The van der Waals surface area contributed by atoms with E-state index in [4.69, 9.17) is 9.72 Å². The first-order valence-electron chi connectivity index (χ1n) is 15.5. The molecule has 4 heteroatoms. The van der Waals surface area contributed by atoms with E-state index >= 15 is 0 Å². The van der Waals surface area contributed by atoms with Crippen LogP contribution in [0, 0.1) is 0 Å². The van der Waals surface area contributed by atoms with E-state index in [0.29, 0.717) is 12.2 Å². The molecule has 0 N–H and O–H groups in total. The molecule has 3 aromatic rings. The number of carbonyl (C=O) groups excluding carboxylic acids is 1. The summed E-state index contributed by atoms with van der Waals surface area (Å²) in [6.07, 6.45) is 17.4. The van der Waals surface area contributed by atoms with Gasteiger partial charge in [-0.25, -0.2) is 9.18 Å². The van der Waals surface area contributed by atoms with Crippen LogP contribution < -0.4 is 4.74 Å². The third kappa shape index (κ3) is 10.2. The number of aryl methyl sites for hydroxylation is 1. The smallest absolute Gasteiger partial charge is 0.348 e. The number of hydrogen-bond donors (Lipinski definition) is 0. The summed E-state index contributed by atoms with van der Waals surface area (Å²) in [6.45, 7) is 5.73. The van der Waals surface area contributed by atoms with Gasteiger partial charge in [0, 0.05) is 11.8 Å². The van der Waals surface area contributed by atoms with Gasteiger partial charge < -0.3 is 4.74 Å². The summed E-state index contributed by atoms with van der Waals surface area (Å²) in [6, 6.07) is 19.8. The molecule has 0 saturated carbocycles. The molecule has 0 amide bonds. The average Bonchev–Trinajstić information content (AvgIpc) is 2.97. The molecular weight excluding hydrogens is 497 g/mol. The van der Waals surface area contributed by atoms with E-state index in [9.17, 15) is 9.18 Å². The summed E-state index contributed by atoms with van der Waals surface area (Å²) in [5, 5.41) is 0. The normalized spacial score (nSPS) is 12.7. The topological polar surface area (TPSA) is 39.2 Å². The molecule has 0 bridgehead atoms. The Morgan fingerprint density at radius 2 is 1.35 bits per heavy atom. The Bertz CT molecular complexity index is 1140.